The van der Waals surface area contributed by atoms with Gasteiger partial charge in [-0.25, -0.2) is 0 Å². The SMILES string of the molecule is NC1CCN(C2CCN(CCOC3CCCCO3)C2)CC1. The number of nitrogens with two attached hydrogens (primary N) is 1. The molecule has 3 rings (SSSR count). The van der Waals surface area contributed by atoms with Crippen LogP contribution in [0.1, 0.15) is 38.5 Å². The summed E-state index contributed by atoms with van der Waals surface area (Å²) in [7, 11) is 0. The van der Waals surface area contributed by atoms with Crippen LogP contribution in [0, 0.1) is 0 Å². The molecule has 0 radical (unpaired) electrons. The average Bonchev–Trinajstić information content (AvgIpc) is 2.98. The Morgan fingerprint density at radius 1 is 1.05 bits per heavy atom. The summed E-state index contributed by atoms with van der Waals surface area (Å²) >= 11 is 0. The second-order valence-corrected chi connectivity index (χ2v) is 6.78. The third-order valence-corrected chi connectivity index (χ3v) is 5.19. The molecule has 0 saturated carbocycles. The van der Waals surface area contributed by atoms with E-state index in [4.69, 9.17) is 15.2 Å². The van der Waals surface area contributed by atoms with Gasteiger partial charge in [0.25, 0.3) is 0 Å². The highest BCUT2D eigenvalue weighted by atomic mass is 16.7. The summed E-state index contributed by atoms with van der Waals surface area (Å²) < 4.78 is 11.5. The third kappa shape index (κ3) is 4.63. The van der Waals surface area contributed by atoms with Crippen molar-refractivity contribution in [3.8, 4) is 0 Å². The van der Waals surface area contributed by atoms with Crippen LogP contribution in [0.25, 0.3) is 0 Å². The van der Waals surface area contributed by atoms with Crippen LogP contribution in [-0.4, -0.2) is 74.1 Å². The lowest BCUT2D eigenvalue weighted by Gasteiger charge is -2.34. The van der Waals surface area contributed by atoms with Gasteiger partial charge in [0.1, 0.15) is 0 Å². The van der Waals surface area contributed by atoms with E-state index in [0.717, 1.165) is 32.2 Å². The van der Waals surface area contributed by atoms with Gasteiger partial charge in [-0.2, -0.15) is 0 Å². The Labute approximate surface area is 128 Å². The Hall–Kier alpha value is -0.200. The zero-order chi connectivity index (χ0) is 14.5. The second kappa shape index (κ2) is 7.88. The molecule has 3 saturated heterocycles. The molecule has 3 aliphatic rings. The third-order valence-electron chi connectivity index (χ3n) is 5.19. The Bertz CT molecular complexity index is 302. The van der Waals surface area contributed by atoms with Crippen LogP contribution in [0.4, 0.5) is 0 Å². The first-order chi connectivity index (χ1) is 10.3. The largest absolute Gasteiger partial charge is 0.353 e. The van der Waals surface area contributed by atoms with Crippen molar-refractivity contribution in [1.29, 1.82) is 0 Å². The summed E-state index contributed by atoms with van der Waals surface area (Å²) in [6.07, 6.45) is 7.18. The zero-order valence-corrected chi connectivity index (χ0v) is 13.2. The van der Waals surface area contributed by atoms with Gasteiger partial charge in [0.05, 0.1) is 6.61 Å². The van der Waals surface area contributed by atoms with E-state index in [1.54, 1.807) is 0 Å². The standard InChI is InChI=1S/C16H31N3O2/c17-14-4-8-19(9-5-14)15-6-7-18(13-15)10-12-21-16-3-1-2-11-20-16/h14-16H,1-13,17H2. The van der Waals surface area contributed by atoms with Gasteiger partial charge in [0, 0.05) is 31.8 Å². The molecule has 2 atom stereocenters. The lowest BCUT2D eigenvalue weighted by atomic mass is 10.0. The van der Waals surface area contributed by atoms with Crippen molar-refractivity contribution in [2.45, 2.75) is 56.9 Å². The molecule has 3 fully saturated rings. The number of rotatable bonds is 5. The number of nitrogens with zero attached hydrogens (tertiary/aromatic N) is 2. The monoisotopic (exact) mass is 297 g/mol. The fourth-order valence-electron chi connectivity index (χ4n) is 3.75. The van der Waals surface area contributed by atoms with Crippen molar-refractivity contribution in [2.24, 2.45) is 5.73 Å². The van der Waals surface area contributed by atoms with Crippen LogP contribution in [0.2, 0.25) is 0 Å². The summed E-state index contributed by atoms with van der Waals surface area (Å²) in [4.78, 5) is 5.19. The molecular weight excluding hydrogens is 266 g/mol. The number of hydrogen-bond donors (Lipinski definition) is 1. The van der Waals surface area contributed by atoms with Gasteiger partial charge >= 0.3 is 0 Å². The maximum atomic E-state index is 5.99. The summed E-state index contributed by atoms with van der Waals surface area (Å²) in [5.74, 6) is 0. The lowest BCUT2D eigenvalue weighted by Crippen LogP contribution is -2.46. The molecule has 5 nitrogen and oxygen atoms in total. The maximum absolute atomic E-state index is 5.99. The first kappa shape index (κ1) is 15.7. The van der Waals surface area contributed by atoms with Gasteiger partial charge in [-0.1, -0.05) is 0 Å². The summed E-state index contributed by atoms with van der Waals surface area (Å²) in [5, 5.41) is 0. The van der Waals surface area contributed by atoms with Crippen molar-refractivity contribution in [2.75, 3.05) is 45.9 Å². The van der Waals surface area contributed by atoms with Crippen LogP contribution < -0.4 is 5.73 Å². The van der Waals surface area contributed by atoms with Crippen LogP contribution in [0.15, 0.2) is 0 Å². The van der Waals surface area contributed by atoms with Crippen LogP contribution in [0.5, 0.6) is 0 Å². The minimum absolute atomic E-state index is 0.0562. The van der Waals surface area contributed by atoms with Crippen molar-refractivity contribution in [3.05, 3.63) is 0 Å². The minimum atomic E-state index is 0.0562. The predicted molar refractivity (Wildman–Crippen MR) is 83.2 cm³/mol. The van der Waals surface area contributed by atoms with Gasteiger partial charge < -0.3 is 15.2 Å². The molecule has 3 aliphatic heterocycles. The lowest BCUT2D eigenvalue weighted by molar-refractivity contribution is -0.163. The molecule has 3 heterocycles. The minimum Gasteiger partial charge on any atom is -0.353 e. The smallest absolute Gasteiger partial charge is 0.157 e. The Kier molecular flexibility index (Phi) is 5.89. The topological polar surface area (TPSA) is 51.0 Å². The van der Waals surface area contributed by atoms with Crippen LogP contribution in [-0.2, 0) is 9.47 Å². The fraction of sp³-hybridized carbons (Fsp3) is 1.00. The molecule has 0 aliphatic carbocycles. The van der Waals surface area contributed by atoms with Crippen molar-refractivity contribution in [3.63, 3.8) is 0 Å². The highest BCUT2D eigenvalue weighted by molar-refractivity contribution is 4.86. The van der Waals surface area contributed by atoms with E-state index in [1.165, 1.54) is 58.3 Å². The van der Waals surface area contributed by atoms with Crippen molar-refractivity contribution < 1.29 is 9.47 Å². The van der Waals surface area contributed by atoms with E-state index in [9.17, 15) is 0 Å². The molecule has 0 bridgehead atoms. The molecule has 5 heteroatoms. The molecule has 0 amide bonds. The van der Waals surface area contributed by atoms with E-state index in [1.807, 2.05) is 0 Å². The normalized spacial score (nSPS) is 33.6. The van der Waals surface area contributed by atoms with Crippen LogP contribution in [0.3, 0.4) is 0 Å². The van der Waals surface area contributed by atoms with Gasteiger partial charge in [-0.15, -0.1) is 0 Å². The first-order valence-corrected chi connectivity index (χ1v) is 8.76. The van der Waals surface area contributed by atoms with Gasteiger partial charge in [0.2, 0.25) is 0 Å². The molecule has 0 aromatic carbocycles. The van der Waals surface area contributed by atoms with Gasteiger partial charge in [-0.3, -0.25) is 9.80 Å². The first-order valence-electron chi connectivity index (χ1n) is 8.76. The second-order valence-electron chi connectivity index (χ2n) is 6.78. The van der Waals surface area contributed by atoms with Gasteiger partial charge in [-0.05, 0) is 58.2 Å². The van der Waals surface area contributed by atoms with E-state index >= 15 is 0 Å². The van der Waals surface area contributed by atoms with E-state index in [2.05, 4.69) is 9.80 Å². The van der Waals surface area contributed by atoms with Gasteiger partial charge in [0.15, 0.2) is 6.29 Å². The number of ether oxygens (including phenoxy) is 2. The highest BCUT2D eigenvalue weighted by Gasteiger charge is 2.29. The van der Waals surface area contributed by atoms with Crippen molar-refractivity contribution in [1.82, 2.24) is 9.80 Å². The summed E-state index contributed by atoms with van der Waals surface area (Å²) in [6.45, 7) is 7.50. The molecule has 0 aromatic heterocycles. The van der Waals surface area contributed by atoms with E-state index < -0.39 is 0 Å². The van der Waals surface area contributed by atoms with Crippen molar-refractivity contribution >= 4 is 0 Å². The highest BCUT2D eigenvalue weighted by Crippen LogP contribution is 2.20. The number of piperidine rings is 1. The quantitative estimate of drug-likeness (QED) is 0.821. The summed E-state index contributed by atoms with van der Waals surface area (Å²) in [6, 6.07) is 1.17. The van der Waals surface area contributed by atoms with E-state index in [-0.39, 0.29) is 6.29 Å². The Morgan fingerprint density at radius 3 is 2.67 bits per heavy atom. The molecule has 2 N–H and O–H groups in total. The fourth-order valence-corrected chi connectivity index (χ4v) is 3.75. The average molecular weight is 297 g/mol. The number of hydrogen-bond acceptors (Lipinski definition) is 5. The molecule has 0 aromatic rings. The number of likely N-dealkylation sites (tertiary alicyclic amines) is 2. The zero-order valence-electron chi connectivity index (χ0n) is 13.2. The molecule has 122 valence electrons. The molecular formula is C16H31N3O2. The Balaban J connectivity index is 1.31. The Morgan fingerprint density at radius 2 is 1.90 bits per heavy atom. The maximum Gasteiger partial charge on any atom is 0.157 e. The molecule has 21 heavy (non-hydrogen) atoms. The molecule has 2 unspecified atom stereocenters. The molecule has 0 spiro atoms. The van der Waals surface area contributed by atoms with Crippen LogP contribution >= 0.6 is 0 Å². The predicted octanol–water partition coefficient (Wildman–Crippen LogP) is 1.03. The summed E-state index contributed by atoms with van der Waals surface area (Å²) in [5.41, 5.74) is 5.99. The van der Waals surface area contributed by atoms with E-state index in [0.29, 0.717) is 6.04 Å².